The highest BCUT2D eigenvalue weighted by atomic mass is 16.1. The molecule has 0 N–H and O–H groups in total. The van der Waals surface area contributed by atoms with Gasteiger partial charge < -0.3 is 9.80 Å². The highest BCUT2D eigenvalue weighted by Crippen LogP contribution is 2.63. The zero-order valence-corrected chi connectivity index (χ0v) is 43.2. The van der Waals surface area contributed by atoms with Crippen LogP contribution in [-0.4, -0.2) is 6.29 Å². The average Bonchev–Trinajstić information content (AvgIpc) is 3.58. The Morgan fingerprint density at radius 1 is 0.447 bits per heavy atom. The van der Waals surface area contributed by atoms with Crippen molar-refractivity contribution in [2.24, 2.45) is 0 Å². The topological polar surface area (TPSA) is 23.6 Å². The molecule has 0 saturated carbocycles. The maximum atomic E-state index is 13.4. The first-order chi connectivity index (χ1) is 37.3. The molecule has 3 heteroatoms. The van der Waals surface area contributed by atoms with Crippen LogP contribution in [-0.2, 0) is 16.2 Å². The maximum Gasteiger partial charge on any atom is 0.150 e. The summed E-state index contributed by atoms with van der Waals surface area (Å²) in [6.45, 7) is 15.5. The van der Waals surface area contributed by atoms with Gasteiger partial charge in [0.1, 0.15) is 6.29 Å². The van der Waals surface area contributed by atoms with Crippen LogP contribution in [0.25, 0.3) is 11.1 Å². The first-order valence-electron chi connectivity index (χ1n) is 26.2. The Balaban J connectivity index is 1.19. The number of rotatable bonds is 12. The number of allylic oxidation sites excluding steroid dienone is 4. The van der Waals surface area contributed by atoms with Crippen LogP contribution >= 0.6 is 0 Å². The van der Waals surface area contributed by atoms with Gasteiger partial charge in [0.05, 0.1) is 33.6 Å². The number of carbonyl (C=O) groups excluding carboxylic acids is 1. The van der Waals surface area contributed by atoms with Crippen molar-refractivity contribution in [3.63, 3.8) is 0 Å². The van der Waals surface area contributed by atoms with E-state index in [-0.39, 0.29) is 0 Å². The zero-order chi connectivity index (χ0) is 52.0. The molecule has 1 heterocycles. The van der Waals surface area contributed by atoms with E-state index in [1.807, 2.05) is 12.2 Å². The smallest absolute Gasteiger partial charge is 0.150 e. The highest BCUT2D eigenvalue weighted by Gasteiger charge is 2.54. The molecule has 10 aromatic carbocycles. The number of nitrogens with zero attached hydrogens (tertiary/aromatic N) is 2. The molecule has 0 fully saturated rings. The lowest BCUT2D eigenvalue weighted by Crippen LogP contribution is -2.45. The lowest BCUT2D eigenvalue weighted by Gasteiger charge is -2.52. The molecule has 366 valence electrons. The number of fused-ring (bicyclic) bond motifs is 4. The molecule has 76 heavy (non-hydrogen) atoms. The van der Waals surface area contributed by atoms with Gasteiger partial charge in [0.15, 0.2) is 0 Å². The summed E-state index contributed by atoms with van der Waals surface area (Å²) >= 11 is 0. The summed E-state index contributed by atoms with van der Waals surface area (Å²) in [6.07, 6.45) is 7.08. The Morgan fingerprint density at radius 3 is 1.49 bits per heavy atom. The SMILES string of the molecule is C=C/C=C(\C=C)C1(c2ccccc2)c2cc(N3c4ccccc4N(c4ccccc4)c4ccccc43)ccc2C(c2ccccc2)(c2ccccc2)c2cc(-c3ccc(C(C)(C)c4ccccc4C)c(C=O)c3)ccc21. The van der Waals surface area contributed by atoms with Crippen LogP contribution in [0.5, 0.6) is 0 Å². The third-order valence-corrected chi connectivity index (χ3v) is 16.2. The van der Waals surface area contributed by atoms with Gasteiger partial charge in [-0.25, -0.2) is 0 Å². The van der Waals surface area contributed by atoms with E-state index in [0.29, 0.717) is 5.56 Å². The van der Waals surface area contributed by atoms with Crippen molar-refractivity contribution in [1.29, 1.82) is 0 Å². The van der Waals surface area contributed by atoms with E-state index in [9.17, 15) is 4.79 Å². The van der Waals surface area contributed by atoms with Crippen molar-refractivity contribution in [3.05, 3.63) is 347 Å². The summed E-state index contributed by atoms with van der Waals surface area (Å²) in [5, 5.41) is 0. The fourth-order valence-corrected chi connectivity index (χ4v) is 13.0. The van der Waals surface area contributed by atoms with Crippen LogP contribution in [0.4, 0.5) is 34.1 Å². The second-order valence-electron chi connectivity index (χ2n) is 20.5. The van der Waals surface area contributed by atoms with Crippen LogP contribution < -0.4 is 9.80 Å². The van der Waals surface area contributed by atoms with Crippen LogP contribution in [0, 0.1) is 6.92 Å². The van der Waals surface area contributed by atoms with E-state index in [2.05, 4.69) is 299 Å². The van der Waals surface area contributed by atoms with Gasteiger partial charge in [0, 0.05) is 22.4 Å². The maximum absolute atomic E-state index is 13.4. The van der Waals surface area contributed by atoms with Crippen molar-refractivity contribution in [2.75, 3.05) is 9.80 Å². The Hall–Kier alpha value is -9.31. The van der Waals surface area contributed by atoms with Gasteiger partial charge in [-0.2, -0.15) is 0 Å². The van der Waals surface area contributed by atoms with Crippen LogP contribution in [0.3, 0.4) is 0 Å². The summed E-state index contributed by atoms with van der Waals surface area (Å²) in [5.41, 5.74) is 19.2. The third kappa shape index (κ3) is 7.29. The van der Waals surface area contributed by atoms with Gasteiger partial charge >= 0.3 is 0 Å². The van der Waals surface area contributed by atoms with E-state index in [4.69, 9.17) is 0 Å². The second-order valence-corrected chi connectivity index (χ2v) is 20.5. The minimum Gasteiger partial charge on any atom is -0.306 e. The van der Waals surface area contributed by atoms with Crippen LogP contribution in [0.15, 0.2) is 286 Å². The van der Waals surface area contributed by atoms with Crippen LogP contribution in [0.1, 0.15) is 79.8 Å². The molecule has 0 spiro atoms. The predicted octanol–water partition coefficient (Wildman–Crippen LogP) is 18.4. The van der Waals surface area contributed by atoms with Gasteiger partial charge in [-0.15, -0.1) is 0 Å². The number of carbonyl (C=O) groups is 1. The summed E-state index contributed by atoms with van der Waals surface area (Å²) in [4.78, 5) is 18.2. The fraction of sp³-hybridized carbons (Fsp3) is 0.0822. The number of aryl methyl sites for hydroxylation is 1. The molecule has 1 atom stereocenters. The van der Waals surface area contributed by atoms with Gasteiger partial charge in [-0.3, -0.25) is 4.79 Å². The molecular weight excluding hydrogens is 921 g/mol. The van der Waals surface area contributed by atoms with E-state index < -0.39 is 16.2 Å². The van der Waals surface area contributed by atoms with Crippen molar-refractivity contribution < 1.29 is 4.79 Å². The van der Waals surface area contributed by atoms with E-state index >= 15 is 0 Å². The minimum absolute atomic E-state index is 0.415. The first-order valence-corrected chi connectivity index (χ1v) is 26.2. The standard InChI is InChI=1S/C73H58N2O/c1-6-26-55(7-2)72(56-28-12-8-13-29-56)63-45-42-53(52-41-44-62(54(47-52)50-76)71(4,5)61-36-21-20-27-51(61)3)48-65(63)73(57-30-14-9-15-31-57,58-32-16-10-17-33-58)64-46-43-60(49-66(64)72)75-69-39-24-22-37-67(69)74(59-34-18-11-19-35-59)68-38-23-25-40-70(68)75/h6-50H,1-2H2,3-5H3/b55-26+. The summed E-state index contributed by atoms with van der Waals surface area (Å²) in [7, 11) is 0. The van der Waals surface area contributed by atoms with Gasteiger partial charge in [-0.1, -0.05) is 233 Å². The average molecular weight is 979 g/mol. The number of para-hydroxylation sites is 5. The quantitative estimate of drug-likeness (QED) is 0.0900. The Morgan fingerprint density at radius 2 is 0.934 bits per heavy atom. The van der Waals surface area contributed by atoms with E-state index in [0.717, 1.165) is 102 Å². The molecule has 10 aromatic rings. The fourth-order valence-electron chi connectivity index (χ4n) is 13.0. The molecule has 12 rings (SSSR count). The van der Waals surface area contributed by atoms with E-state index in [1.165, 1.54) is 11.1 Å². The zero-order valence-electron chi connectivity index (χ0n) is 43.2. The minimum atomic E-state index is -0.913. The number of anilines is 6. The molecule has 1 aliphatic heterocycles. The second kappa shape index (κ2) is 19.2. The third-order valence-electron chi connectivity index (χ3n) is 16.2. The van der Waals surface area contributed by atoms with Crippen LogP contribution in [0.2, 0.25) is 0 Å². The summed E-state index contributed by atoms with van der Waals surface area (Å²) < 4.78 is 0. The Bertz CT molecular complexity index is 3790. The Labute approximate surface area is 447 Å². The van der Waals surface area contributed by atoms with Gasteiger partial charge in [-0.05, 0) is 140 Å². The number of hydrogen-bond acceptors (Lipinski definition) is 3. The molecule has 3 nitrogen and oxygen atoms in total. The summed E-state index contributed by atoms with van der Waals surface area (Å²) in [5.74, 6) is 0. The molecule has 2 aliphatic rings. The largest absolute Gasteiger partial charge is 0.306 e. The lowest BCUT2D eigenvalue weighted by atomic mass is 9.50. The number of aldehydes is 1. The monoisotopic (exact) mass is 978 g/mol. The Kier molecular flexibility index (Phi) is 12.0. The molecule has 1 aliphatic carbocycles. The molecule has 0 radical (unpaired) electrons. The highest BCUT2D eigenvalue weighted by molar-refractivity contribution is 6.02. The van der Waals surface area contributed by atoms with Gasteiger partial charge in [0.2, 0.25) is 0 Å². The molecule has 1 unspecified atom stereocenters. The van der Waals surface area contributed by atoms with E-state index in [1.54, 1.807) is 0 Å². The van der Waals surface area contributed by atoms with Gasteiger partial charge in [0.25, 0.3) is 0 Å². The molecule has 0 amide bonds. The summed E-state index contributed by atoms with van der Waals surface area (Å²) in [6, 6.07) is 90.1. The number of hydrogen-bond donors (Lipinski definition) is 0. The molecule has 0 aromatic heterocycles. The molecule has 0 bridgehead atoms. The predicted molar refractivity (Wildman–Crippen MR) is 317 cm³/mol. The van der Waals surface area contributed by atoms with Crippen molar-refractivity contribution in [1.82, 2.24) is 0 Å². The molecule has 0 saturated heterocycles. The normalized spacial score (nSPS) is 15.4. The first kappa shape index (κ1) is 47.7. The van der Waals surface area contributed by atoms with Crippen molar-refractivity contribution in [3.8, 4) is 11.1 Å². The lowest BCUT2D eigenvalue weighted by molar-refractivity contribution is 0.112. The molecular formula is C73H58N2O. The number of benzene rings is 10. The van der Waals surface area contributed by atoms with Crippen molar-refractivity contribution in [2.45, 2.75) is 37.0 Å². The van der Waals surface area contributed by atoms with Crippen molar-refractivity contribution >= 4 is 40.4 Å².